The van der Waals surface area contributed by atoms with Gasteiger partial charge in [0.1, 0.15) is 29.9 Å². The first-order chi connectivity index (χ1) is 41.9. The van der Waals surface area contributed by atoms with Gasteiger partial charge in [0.25, 0.3) is 0 Å². The molecule has 0 spiro atoms. The van der Waals surface area contributed by atoms with Crippen molar-refractivity contribution in [2.45, 2.75) is 70.5 Å². The molecule has 23 heteroatoms. The molecule has 2 aliphatic rings. The zero-order chi connectivity index (χ0) is 60.3. The molecule has 86 heavy (non-hydrogen) atoms. The van der Waals surface area contributed by atoms with Crippen LogP contribution in [0.5, 0.6) is 17.2 Å². The molecule has 4 aromatic carbocycles. The van der Waals surface area contributed by atoms with E-state index in [4.69, 9.17) is 40.0 Å². The maximum atomic E-state index is 14.1. The van der Waals surface area contributed by atoms with E-state index in [-0.39, 0.29) is 30.6 Å². The third-order valence-corrected chi connectivity index (χ3v) is 15.8. The van der Waals surface area contributed by atoms with Crippen molar-refractivity contribution in [1.29, 1.82) is 0 Å². The first-order valence-electron chi connectivity index (χ1n) is 29.6. The summed E-state index contributed by atoms with van der Waals surface area (Å²) in [5.74, 6) is 2.32. The standard InChI is InChI=1S/C63H82ClN11O10S/c1-71(27-4-5-34-84-56-21-8-47(9-22-56)12-25-58(76)75(44-49-6-7-49)60(50-13-15-51(64)16-14-50)61(78)65-43-48-10-19-55(80-3)20-11-48)32-36-82-39-38-81-35-26-53-45-74(70-69-53)33-37-83-40-41-85-57-23-17-52(18-24-57)66-62(79)68-63-67-54(46-86-63)42-59(77)73-30-28-72(2)29-31-73/h8-11,13-24,45-46,49,60H,4-7,12,25-44H2,1-3H3,(H,65,78)(H2,66,67,68,79). The number of hydrogen-bond donors (Lipinski definition) is 3. The number of unbranched alkanes of at least 4 members (excludes halogenated alkanes) is 1. The molecule has 3 N–H and O–H groups in total. The summed E-state index contributed by atoms with van der Waals surface area (Å²) in [4.78, 5) is 65.8. The van der Waals surface area contributed by atoms with E-state index in [1.807, 2.05) is 78.8 Å². The molecular formula is C63H82ClN11O10S. The van der Waals surface area contributed by atoms with Crippen molar-refractivity contribution in [1.82, 2.24) is 44.9 Å². The molecule has 462 valence electrons. The number of carbonyl (C=O) groups excluding carboxylic acids is 4. The highest BCUT2D eigenvalue weighted by atomic mass is 35.5. The Morgan fingerprint density at radius 3 is 2.13 bits per heavy atom. The van der Waals surface area contributed by atoms with E-state index in [0.717, 1.165) is 85.7 Å². The summed E-state index contributed by atoms with van der Waals surface area (Å²) in [6.45, 7) is 10.3. The summed E-state index contributed by atoms with van der Waals surface area (Å²) in [5.41, 5.74) is 4.76. The van der Waals surface area contributed by atoms with Crippen molar-refractivity contribution in [3.05, 3.63) is 142 Å². The number of amides is 5. The number of piperazine rings is 1. The van der Waals surface area contributed by atoms with Crippen LogP contribution in [-0.2, 0) is 60.9 Å². The number of nitrogens with one attached hydrogen (secondary N) is 3. The third kappa shape index (κ3) is 22.6. The second-order valence-corrected chi connectivity index (χ2v) is 22.8. The van der Waals surface area contributed by atoms with Gasteiger partial charge in [-0.15, -0.1) is 16.4 Å². The Morgan fingerprint density at radius 1 is 0.721 bits per heavy atom. The predicted octanol–water partition coefficient (Wildman–Crippen LogP) is 8.05. The zero-order valence-corrected chi connectivity index (χ0v) is 51.2. The summed E-state index contributed by atoms with van der Waals surface area (Å²) in [6, 6.07) is 28.5. The Kier molecular flexibility index (Phi) is 26.3. The minimum absolute atomic E-state index is 0.0463. The Labute approximate surface area is 513 Å². The lowest BCUT2D eigenvalue weighted by Crippen LogP contribution is -2.47. The van der Waals surface area contributed by atoms with E-state index in [9.17, 15) is 19.2 Å². The zero-order valence-electron chi connectivity index (χ0n) is 49.7. The maximum Gasteiger partial charge on any atom is 0.325 e. The van der Waals surface area contributed by atoms with Gasteiger partial charge in [-0.3, -0.25) is 19.7 Å². The number of benzene rings is 4. The number of carbonyl (C=O) groups is 4. The fraction of sp³-hybridized carbons (Fsp3) is 0.476. The SMILES string of the molecule is COc1ccc(CNC(=O)C(c2ccc(Cl)cc2)N(CC2CC2)C(=O)CCc2ccc(OCCCCN(C)CCOCCOCCc3cn(CCOCCOc4ccc(NC(=O)Nc5nc(CC(=O)N6CCN(C)CC6)cs5)cc4)nn3)cc2)cc1. The number of nitrogens with zero attached hydrogens (tertiary/aromatic N) is 8. The van der Waals surface area contributed by atoms with E-state index < -0.39 is 12.1 Å². The predicted molar refractivity (Wildman–Crippen MR) is 331 cm³/mol. The number of aryl methyl sites for hydroxylation is 1. The van der Waals surface area contributed by atoms with Crippen molar-refractivity contribution in [2.24, 2.45) is 5.92 Å². The van der Waals surface area contributed by atoms with Crippen LogP contribution in [0, 0.1) is 5.92 Å². The largest absolute Gasteiger partial charge is 0.497 e. The fourth-order valence-electron chi connectivity index (χ4n) is 9.43. The summed E-state index contributed by atoms with van der Waals surface area (Å²) < 4.78 is 36.3. The van der Waals surface area contributed by atoms with Crippen LogP contribution in [0.4, 0.5) is 15.6 Å². The molecule has 1 saturated heterocycles. The Balaban J connectivity index is 0.607. The molecule has 6 aromatic rings. The van der Waals surface area contributed by atoms with Crippen molar-refractivity contribution in [2.75, 3.05) is 131 Å². The molecule has 1 atom stereocenters. The quantitative estimate of drug-likeness (QED) is 0.0315. The molecule has 21 nitrogen and oxygen atoms in total. The number of aromatic nitrogens is 4. The minimum Gasteiger partial charge on any atom is -0.497 e. The first-order valence-corrected chi connectivity index (χ1v) is 30.9. The van der Waals surface area contributed by atoms with E-state index in [2.05, 4.69) is 48.1 Å². The number of anilines is 2. The van der Waals surface area contributed by atoms with Crippen molar-refractivity contribution in [3.8, 4) is 17.2 Å². The van der Waals surface area contributed by atoms with Crippen LogP contribution in [0.2, 0.25) is 5.02 Å². The molecule has 8 rings (SSSR count). The topological polar surface area (TPSA) is 216 Å². The van der Waals surface area contributed by atoms with Gasteiger partial charge in [0.2, 0.25) is 17.7 Å². The fourth-order valence-corrected chi connectivity index (χ4v) is 10.3. The maximum absolute atomic E-state index is 14.1. The lowest BCUT2D eigenvalue weighted by molar-refractivity contribution is -0.141. The average molecular weight is 1220 g/mol. The summed E-state index contributed by atoms with van der Waals surface area (Å²) in [5, 5.41) is 19.9. The number of urea groups is 1. The molecule has 2 fully saturated rings. The molecule has 1 saturated carbocycles. The summed E-state index contributed by atoms with van der Waals surface area (Å²) in [7, 11) is 5.76. The highest BCUT2D eigenvalue weighted by Crippen LogP contribution is 2.34. The van der Waals surface area contributed by atoms with Crippen LogP contribution in [-0.4, -0.2) is 183 Å². The molecule has 1 unspecified atom stereocenters. The van der Waals surface area contributed by atoms with E-state index in [1.165, 1.54) is 11.3 Å². The first kappa shape index (κ1) is 64.8. The van der Waals surface area contributed by atoms with Gasteiger partial charge in [0, 0.05) is 80.9 Å². The van der Waals surface area contributed by atoms with Crippen molar-refractivity contribution in [3.63, 3.8) is 0 Å². The van der Waals surface area contributed by atoms with Crippen LogP contribution in [0.1, 0.15) is 66.2 Å². The highest BCUT2D eigenvalue weighted by Gasteiger charge is 2.35. The third-order valence-electron chi connectivity index (χ3n) is 14.7. The van der Waals surface area contributed by atoms with Crippen LogP contribution in [0.25, 0.3) is 0 Å². The monoisotopic (exact) mass is 1220 g/mol. The molecule has 5 amide bonds. The van der Waals surface area contributed by atoms with Crippen LogP contribution < -0.4 is 30.2 Å². The average Bonchev–Trinajstić information content (AvgIpc) is 2.65. The minimum atomic E-state index is -0.783. The van der Waals surface area contributed by atoms with E-state index in [1.54, 1.807) is 58.5 Å². The van der Waals surface area contributed by atoms with Crippen LogP contribution in [0.15, 0.2) is 109 Å². The molecule has 1 aliphatic carbocycles. The number of likely N-dealkylation sites (N-methyl/N-ethyl adjacent to an activating group) is 2. The van der Waals surface area contributed by atoms with Crippen LogP contribution in [0.3, 0.4) is 0 Å². The highest BCUT2D eigenvalue weighted by molar-refractivity contribution is 7.14. The van der Waals surface area contributed by atoms with Crippen LogP contribution >= 0.6 is 22.9 Å². The molecule has 0 bridgehead atoms. The van der Waals surface area contributed by atoms with Gasteiger partial charge in [0.15, 0.2) is 5.13 Å². The van der Waals surface area contributed by atoms with Gasteiger partial charge >= 0.3 is 6.03 Å². The molecule has 2 aromatic heterocycles. The number of thiazole rings is 1. The Bertz CT molecular complexity index is 3000. The summed E-state index contributed by atoms with van der Waals surface area (Å²) >= 11 is 7.53. The van der Waals surface area contributed by atoms with Gasteiger partial charge in [-0.25, -0.2) is 14.5 Å². The lowest BCUT2D eigenvalue weighted by atomic mass is 10.0. The van der Waals surface area contributed by atoms with E-state index in [0.29, 0.717) is 132 Å². The van der Waals surface area contributed by atoms with E-state index >= 15 is 0 Å². The Hall–Kier alpha value is -7.18. The number of halogens is 1. The second-order valence-electron chi connectivity index (χ2n) is 21.5. The number of ether oxygens (including phenoxy) is 6. The smallest absolute Gasteiger partial charge is 0.325 e. The molecule has 0 radical (unpaired) electrons. The molecule has 3 heterocycles. The van der Waals surface area contributed by atoms with Crippen molar-refractivity contribution >= 4 is 57.5 Å². The Morgan fingerprint density at radius 2 is 1.40 bits per heavy atom. The molecule has 1 aliphatic heterocycles. The summed E-state index contributed by atoms with van der Waals surface area (Å²) in [6.07, 6.45) is 7.56. The molecular weight excluding hydrogens is 1140 g/mol. The van der Waals surface area contributed by atoms with Gasteiger partial charge in [-0.2, -0.15) is 0 Å². The number of hydrogen-bond acceptors (Lipinski definition) is 16. The number of rotatable bonds is 37. The second kappa shape index (κ2) is 34.8. The number of methoxy groups -OCH3 is 1. The van der Waals surface area contributed by atoms with Crippen molar-refractivity contribution < 1.29 is 47.6 Å². The van der Waals surface area contributed by atoms with Gasteiger partial charge in [-0.05, 0) is 136 Å². The van der Waals surface area contributed by atoms with Gasteiger partial charge < -0.3 is 58.7 Å². The van der Waals surface area contributed by atoms with Gasteiger partial charge in [-0.1, -0.05) is 53.2 Å². The lowest BCUT2D eigenvalue weighted by Gasteiger charge is -2.32. The van der Waals surface area contributed by atoms with Gasteiger partial charge in [0.05, 0.1) is 77.7 Å². The normalized spacial score (nSPS) is 13.8.